The van der Waals surface area contributed by atoms with E-state index >= 15 is 0 Å². The van der Waals surface area contributed by atoms with Crippen LogP contribution in [0.2, 0.25) is 0 Å². The third-order valence-corrected chi connectivity index (χ3v) is 2.69. The van der Waals surface area contributed by atoms with Crippen LogP contribution in [0.4, 0.5) is 0 Å². The lowest BCUT2D eigenvalue weighted by Crippen LogP contribution is -2.34. The zero-order chi connectivity index (χ0) is 9.26. The summed E-state index contributed by atoms with van der Waals surface area (Å²) in [4.78, 5) is 0. The minimum atomic E-state index is 0.329. The van der Waals surface area contributed by atoms with E-state index in [1.807, 2.05) is 12.1 Å². The molecule has 0 amide bonds. The summed E-state index contributed by atoms with van der Waals surface area (Å²) in [5.74, 6) is 0.966. The van der Waals surface area contributed by atoms with Gasteiger partial charge in [0.05, 0.1) is 0 Å². The van der Waals surface area contributed by atoms with Crippen molar-refractivity contribution >= 4 is 11.6 Å². The predicted molar refractivity (Wildman–Crippen MR) is 54.5 cm³/mol. The Kier molecular flexibility index (Phi) is 2.45. The lowest BCUT2D eigenvalue weighted by atomic mass is 9.95. The summed E-state index contributed by atoms with van der Waals surface area (Å²) in [6, 6.07) is 8.13. The lowest BCUT2D eigenvalue weighted by Gasteiger charge is -2.31. The van der Waals surface area contributed by atoms with E-state index in [0.717, 1.165) is 18.6 Å². The SMILES string of the molecule is Cc1cccc(OC2CC(Cl)C2)c1. The van der Waals surface area contributed by atoms with E-state index in [1.165, 1.54) is 5.56 Å². The summed E-state index contributed by atoms with van der Waals surface area (Å²) >= 11 is 5.86. The molecule has 1 aromatic rings. The molecular weight excluding hydrogens is 184 g/mol. The Morgan fingerprint density at radius 3 is 2.77 bits per heavy atom. The summed E-state index contributed by atoms with van der Waals surface area (Å²) in [5.41, 5.74) is 1.24. The first-order valence-corrected chi connectivity index (χ1v) is 5.05. The maximum Gasteiger partial charge on any atom is 0.119 e. The van der Waals surface area contributed by atoms with Gasteiger partial charge in [-0.05, 0) is 24.6 Å². The Bertz CT molecular complexity index is 292. The average Bonchev–Trinajstić information content (AvgIpc) is 2.01. The second-order valence-corrected chi connectivity index (χ2v) is 4.24. The van der Waals surface area contributed by atoms with E-state index < -0.39 is 0 Å². The van der Waals surface area contributed by atoms with E-state index in [9.17, 15) is 0 Å². The van der Waals surface area contributed by atoms with Crippen molar-refractivity contribution in [3.63, 3.8) is 0 Å². The minimum absolute atomic E-state index is 0.329. The Hall–Kier alpha value is -0.690. The second kappa shape index (κ2) is 3.59. The fourth-order valence-electron chi connectivity index (χ4n) is 1.48. The van der Waals surface area contributed by atoms with Gasteiger partial charge in [-0.1, -0.05) is 12.1 Å². The number of alkyl halides is 1. The van der Waals surface area contributed by atoms with Crippen LogP contribution in [0.5, 0.6) is 5.75 Å². The zero-order valence-corrected chi connectivity index (χ0v) is 8.42. The summed E-state index contributed by atoms with van der Waals surface area (Å²) in [6.45, 7) is 2.07. The highest BCUT2D eigenvalue weighted by Crippen LogP contribution is 2.29. The number of rotatable bonds is 2. The highest BCUT2D eigenvalue weighted by Gasteiger charge is 2.28. The normalized spacial score (nSPS) is 26.6. The van der Waals surface area contributed by atoms with Gasteiger partial charge in [0, 0.05) is 18.2 Å². The molecule has 0 aromatic heterocycles. The number of aryl methyl sites for hydroxylation is 1. The van der Waals surface area contributed by atoms with Gasteiger partial charge >= 0.3 is 0 Å². The maximum atomic E-state index is 5.86. The van der Waals surface area contributed by atoms with E-state index in [1.54, 1.807) is 0 Å². The van der Waals surface area contributed by atoms with Gasteiger partial charge < -0.3 is 4.74 Å². The molecule has 0 spiro atoms. The molecule has 1 aromatic carbocycles. The minimum Gasteiger partial charge on any atom is -0.490 e. The van der Waals surface area contributed by atoms with Crippen LogP contribution < -0.4 is 4.74 Å². The van der Waals surface area contributed by atoms with Crippen molar-refractivity contribution < 1.29 is 4.74 Å². The molecule has 70 valence electrons. The molecule has 0 heterocycles. The summed E-state index contributed by atoms with van der Waals surface area (Å²) in [7, 11) is 0. The van der Waals surface area contributed by atoms with Crippen LogP contribution in [-0.4, -0.2) is 11.5 Å². The van der Waals surface area contributed by atoms with Crippen LogP contribution in [0.1, 0.15) is 18.4 Å². The van der Waals surface area contributed by atoms with Gasteiger partial charge in [-0.2, -0.15) is 0 Å². The molecule has 1 aliphatic rings. The van der Waals surface area contributed by atoms with Crippen molar-refractivity contribution in [3.05, 3.63) is 29.8 Å². The van der Waals surface area contributed by atoms with Crippen LogP contribution >= 0.6 is 11.6 Å². The third-order valence-electron chi connectivity index (χ3n) is 2.33. The van der Waals surface area contributed by atoms with Crippen LogP contribution in [0, 0.1) is 6.92 Å². The number of benzene rings is 1. The number of hydrogen-bond donors (Lipinski definition) is 0. The Balaban J connectivity index is 1.94. The van der Waals surface area contributed by atoms with Gasteiger partial charge in [-0.25, -0.2) is 0 Å². The first-order chi connectivity index (χ1) is 6.24. The van der Waals surface area contributed by atoms with Crippen molar-refractivity contribution in [2.45, 2.75) is 31.2 Å². The topological polar surface area (TPSA) is 9.23 Å². The predicted octanol–water partition coefficient (Wildman–Crippen LogP) is 3.14. The molecule has 2 rings (SSSR count). The second-order valence-electron chi connectivity index (χ2n) is 3.63. The third kappa shape index (κ3) is 2.16. The molecule has 1 saturated carbocycles. The van der Waals surface area contributed by atoms with E-state index in [2.05, 4.69) is 19.1 Å². The van der Waals surface area contributed by atoms with E-state index in [-0.39, 0.29) is 0 Å². The van der Waals surface area contributed by atoms with Gasteiger partial charge in [0.1, 0.15) is 11.9 Å². The van der Waals surface area contributed by atoms with Crippen molar-refractivity contribution in [2.75, 3.05) is 0 Å². The molecule has 13 heavy (non-hydrogen) atoms. The van der Waals surface area contributed by atoms with Gasteiger partial charge in [-0.3, -0.25) is 0 Å². The molecule has 0 bridgehead atoms. The molecule has 0 atom stereocenters. The summed E-state index contributed by atoms with van der Waals surface area (Å²) < 4.78 is 5.72. The zero-order valence-electron chi connectivity index (χ0n) is 7.66. The van der Waals surface area contributed by atoms with Crippen molar-refractivity contribution in [1.82, 2.24) is 0 Å². The highest BCUT2D eigenvalue weighted by atomic mass is 35.5. The fraction of sp³-hybridized carbons (Fsp3) is 0.455. The first kappa shape index (κ1) is 8.89. The summed E-state index contributed by atoms with van der Waals surface area (Å²) in [5, 5.41) is 0.329. The van der Waals surface area contributed by atoms with Crippen LogP contribution in [-0.2, 0) is 0 Å². The van der Waals surface area contributed by atoms with Gasteiger partial charge in [0.15, 0.2) is 0 Å². The van der Waals surface area contributed by atoms with Gasteiger partial charge in [-0.15, -0.1) is 11.6 Å². The summed E-state index contributed by atoms with van der Waals surface area (Å²) in [6.07, 6.45) is 2.30. The molecule has 0 aliphatic heterocycles. The quantitative estimate of drug-likeness (QED) is 0.661. The molecule has 0 saturated heterocycles. The monoisotopic (exact) mass is 196 g/mol. The molecule has 2 heteroatoms. The Morgan fingerprint density at radius 2 is 2.15 bits per heavy atom. The molecule has 0 unspecified atom stereocenters. The van der Waals surface area contributed by atoms with Crippen molar-refractivity contribution in [3.8, 4) is 5.75 Å². The first-order valence-electron chi connectivity index (χ1n) is 4.61. The van der Waals surface area contributed by atoms with E-state index in [0.29, 0.717) is 11.5 Å². The number of halogens is 1. The standard InChI is InChI=1S/C11H13ClO/c1-8-3-2-4-10(5-8)13-11-6-9(12)7-11/h2-5,9,11H,6-7H2,1H3. The molecule has 0 radical (unpaired) electrons. The Morgan fingerprint density at radius 1 is 1.38 bits per heavy atom. The maximum absolute atomic E-state index is 5.86. The largest absolute Gasteiger partial charge is 0.490 e. The number of hydrogen-bond acceptors (Lipinski definition) is 1. The molecular formula is C11H13ClO. The van der Waals surface area contributed by atoms with Gasteiger partial charge in [0.25, 0.3) is 0 Å². The highest BCUT2D eigenvalue weighted by molar-refractivity contribution is 6.21. The number of ether oxygens (including phenoxy) is 1. The molecule has 1 aliphatic carbocycles. The lowest BCUT2D eigenvalue weighted by molar-refractivity contribution is 0.124. The van der Waals surface area contributed by atoms with Crippen molar-refractivity contribution in [1.29, 1.82) is 0 Å². The van der Waals surface area contributed by atoms with Crippen molar-refractivity contribution in [2.24, 2.45) is 0 Å². The smallest absolute Gasteiger partial charge is 0.119 e. The molecule has 1 nitrogen and oxygen atoms in total. The van der Waals surface area contributed by atoms with Crippen LogP contribution in [0.3, 0.4) is 0 Å². The Labute approximate surface area is 83.7 Å². The molecule has 0 N–H and O–H groups in total. The fourth-order valence-corrected chi connectivity index (χ4v) is 1.88. The van der Waals surface area contributed by atoms with Crippen LogP contribution in [0.15, 0.2) is 24.3 Å². The van der Waals surface area contributed by atoms with Crippen LogP contribution in [0.25, 0.3) is 0 Å². The van der Waals surface area contributed by atoms with Gasteiger partial charge in [0.2, 0.25) is 0 Å². The van der Waals surface area contributed by atoms with E-state index in [4.69, 9.17) is 16.3 Å². The molecule has 1 fully saturated rings. The average molecular weight is 197 g/mol.